The molecule has 0 N–H and O–H groups in total. The lowest BCUT2D eigenvalue weighted by Gasteiger charge is -2.06. The Morgan fingerprint density at radius 3 is 2.42 bits per heavy atom. The highest BCUT2D eigenvalue weighted by atomic mass is 14.1. The molecule has 12 heavy (non-hydrogen) atoms. The van der Waals surface area contributed by atoms with Crippen LogP contribution in [0.15, 0.2) is 36.0 Å². The molecule has 0 heteroatoms. The van der Waals surface area contributed by atoms with Gasteiger partial charge in [-0.15, -0.1) is 0 Å². The van der Waals surface area contributed by atoms with E-state index in [0.29, 0.717) is 5.92 Å². The number of hydrogen-bond donors (Lipinski definition) is 0. The molecule has 0 saturated carbocycles. The number of rotatable bonds is 3. The molecule has 0 heterocycles. The number of allylic oxidation sites excluding steroid dienone is 6. The molecule has 0 aromatic heterocycles. The van der Waals surface area contributed by atoms with Gasteiger partial charge in [0.25, 0.3) is 0 Å². The zero-order chi connectivity index (χ0) is 8.97. The van der Waals surface area contributed by atoms with Crippen molar-refractivity contribution in [3.8, 4) is 0 Å². The fourth-order valence-electron chi connectivity index (χ4n) is 1.60. The summed E-state index contributed by atoms with van der Waals surface area (Å²) < 4.78 is 0. The standard InChI is InChI=1S/C12H18/c1-10(2)8-11(3)9-12-6-4-5-7-12/h4-7,9-10,12H,8H2,1-3H3. The van der Waals surface area contributed by atoms with Crippen LogP contribution in [0.4, 0.5) is 0 Å². The average Bonchev–Trinajstić information content (AvgIpc) is 2.37. The van der Waals surface area contributed by atoms with Crippen LogP contribution in [-0.2, 0) is 0 Å². The van der Waals surface area contributed by atoms with Crippen molar-refractivity contribution in [3.63, 3.8) is 0 Å². The summed E-state index contributed by atoms with van der Waals surface area (Å²) in [5.74, 6) is 1.33. The van der Waals surface area contributed by atoms with Gasteiger partial charge in [0.1, 0.15) is 0 Å². The maximum Gasteiger partial charge on any atom is 0.0136 e. The van der Waals surface area contributed by atoms with Crippen LogP contribution in [-0.4, -0.2) is 0 Å². The zero-order valence-electron chi connectivity index (χ0n) is 8.25. The van der Waals surface area contributed by atoms with Crippen LogP contribution in [0.25, 0.3) is 0 Å². The van der Waals surface area contributed by atoms with Crippen molar-refractivity contribution in [2.45, 2.75) is 27.2 Å². The van der Waals surface area contributed by atoms with Crippen LogP contribution >= 0.6 is 0 Å². The van der Waals surface area contributed by atoms with Crippen LogP contribution in [0.1, 0.15) is 27.2 Å². The van der Waals surface area contributed by atoms with Gasteiger partial charge >= 0.3 is 0 Å². The molecule has 0 amide bonds. The third kappa shape index (κ3) is 3.08. The van der Waals surface area contributed by atoms with Crippen LogP contribution in [0, 0.1) is 11.8 Å². The van der Waals surface area contributed by atoms with Crippen molar-refractivity contribution >= 4 is 0 Å². The van der Waals surface area contributed by atoms with E-state index in [4.69, 9.17) is 0 Å². The molecule has 0 aliphatic heterocycles. The SMILES string of the molecule is CC(=CC1C=CC=C1)CC(C)C. The molecule has 1 rings (SSSR count). The molecule has 0 radical (unpaired) electrons. The van der Waals surface area contributed by atoms with E-state index in [0.717, 1.165) is 5.92 Å². The lowest BCUT2D eigenvalue weighted by molar-refractivity contribution is 0.639. The van der Waals surface area contributed by atoms with Gasteiger partial charge in [-0.3, -0.25) is 0 Å². The summed E-state index contributed by atoms with van der Waals surface area (Å²) in [7, 11) is 0. The van der Waals surface area contributed by atoms with E-state index in [-0.39, 0.29) is 0 Å². The molecule has 0 fully saturated rings. The van der Waals surface area contributed by atoms with Crippen molar-refractivity contribution in [1.82, 2.24) is 0 Å². The van der Waals surface area contributed by atoms with Gasteiger partial charge in [0.05, 0.1) is 0 Å². The van der Waals surface area contributed by atoms with Gasteiger partial charge in [-0.25, -0.2) is 0 Å². The predicted octanol–water partition coefficient (Wildman–Crippen LogP) is 3.72. The molecular weight excluding hydrogens is 144 g/mol. The summed E-state index contributed by atoms with van der Waals surface area (Å²) in [6.45, 7) is 6.75. The highest BCUT2D eigenvalue weighted by molar-refractivity contribution is 5.24. The minimum atomic E-state index is 0.559. The molecule has 0 spiro atoms. The highest BCUT2D eigenvalue weighted by Gasteiger charge is 2.01. The molecule has 1 aliphatic rings. The zero-order valence-corrected chi connectivity index (χ0v) is 8.25. The van der Waals surface area contributed by atoms with Crippen molar-refractivity contribution in [1.29, 1.82) is 0 Å². The Morgan fingerprint density at radius 1 is 1.33 bits per heavy atom. The van der Waals surface area contributed by atoms with E-state index in [1.165, 1.54) is 12.0 Å². The predicted molar refractivity (Wildman–Crippen MR) is 55.0 cm³/mol. The molecule has 0 atom stereocenters. The van der Waals surface area contributed by atoms with Gasteiger partial charge in [-0.1, -0.05) is 49.8 Å². The molecule has 0 aromatic carbocycles. The van der Waals surface area contributed by atoms with E-state index in [1.54, 1.807) is 0 Å². The van der Waals surface area contributed by atoms with Crippen molar-refractivity contribution in [3.05, 3.63) is 36.0 Å². The normalized spacial score (nSPS) is 18.2. The second kappa shape index (κ2) is 4.30. The summed E-state index contributed by atoms with van der Waals surface area (Å²) in [6.07, 6.45) is 12.2. The minimum Gasteiger partial charge on any atom is -0.0762 e. The van der Waals surface area contributed by atoms with Crippen LogP contribution in [0.3, 0.4) is 0 Å². The largest absolute Gasteiger partial charge is 0.0762 e. The maximum atomic E-state index is 2.35. The van der Waals surface area contributed by atoms with Gasteiger partial charge < -0.3 is 0 Å². The van der Waals surface area contributed by atoms with E-state index in [2.05, 4.69) is 51.2 Å². The minimum absolute atomic E-state index is 0.559. The van der Waals surface area contributed by atoms with Gasteiger partial charge in [0, 0.05) is 5.92 Å². The first-order valence-corrected chi connectivity index (χ1v) is 4.71. The van der Waals surface area contributed by atoms with E-state index in [1.807, 2.05) is 0 Å². The second-order valence-corrected chi connectivity index (χ2v) is 3.96. The van der Waals surface area contributed by atoms with Crippen molar-refractivity contribution in [2.75, 3.05) is 0 Å². The molecule has 0 nitrogen and oxygen atoms in total. The second-order valence-electron chi connectivity index (χ2n) is 3.96. The molecule has 1 aliphatic carbocycles. The third-order valence-corrected chi connectivity index (χ3v) is 1.98. The first-order chi connectivity index (χ1) is 5.68. The van der Waals surface area contributed by atoms with E-state index < -0.39 is 0 Å². The van der Waals surface area contributed by atoms with Gasteiger partial charge in [-0.2, -0.15) is 0 Å². The van der Waals surface area contributed by atoms with Crippen LogP contribution < -0.4 is 0 Å². The van der Waals surface area contributed by atoms with Crippen molar-refractivity contribution < 1.29 is 0 Å². The molecule has 0 aromatic rings. The molecule has 0 bridgehead atoms. The summed E-state index contributed by atoms with van der Waals surface area (Å²) in [6, 6.07) is 0. The van der Waals surface area contributed by atoms with Crippen molar-refractivity contribution in [2.24, 2.45) is 11.8 Å². The quantitative estimate of drug-likeness (QED) is 0.555. The first-order valence-electron chi connectivity index (χ1n) is 4.71. The van der Waals surface area contributed by atoms with E-state index >= 15 is 0 Å². The lowest BCUT2D eigenvalue weighted by Crippen LogP contribution is -1.91. The molecular formula is C12H18. The first kappa shape index (κ1) is 9.31. The van der Waals surface area contributed by atoms with Crippen LogP contribution in [0.2, 0.25) is 0 Å². The fraction of sp³-hybridized carbons (Fsp3) is 0.500. The molecule has 0 saturated heterocycles. The smallest absolute Gasteiger partial charge is 0.0136 e. The van der Waals surface area contributed by atoms with Gasteiger partial charge in [-0.05, 0) is 19.3 Å². The topological polar surface area (TPSA) is 0 Å². The highest BCUT2D eigenvalue weighted by Crippen LogP contribution is 2.16. The summed E-state index contributed by atoms with van der Waals surface area (Å²) in [4.78, 5) is 0. The Morgan fingerprint density at radius 2 is 1.92 bits per heavy atom. The number of hydrogen-bond acceptors (Lipinski definition) is 0. The van der Waals surface area contributed by atoms with Gasteiger partial charge in [0.2, 0.25) is 0 Å². The summed E-state index contributed by atoms with van der Waals surface area (Å²) in [5.41, 5.74) is 1.51. The lowest BCUT2D eigenvalue weighted by atomic mass is 10.0. The Kier molecular flexibility index (Phi) is 3.33. The monoisotopic (exact) mass is 162 g/mol. The third-order valence-electron chi connectivity index (χ3n) is 1.98. The maximum absolute atomic E-state index is 2.35. The molecule has 0 unspecified atom stereocenters. The van der Waals surface area contributed by atoms with E-state index in [9.17, 15) is 0 Å². The Bertz CT molecular complexity index is 204. The van der Waals surface area contributed by atoms with Crippen LogP contribution in [0.5, 0.6) is 0 Å². The van der Waals surface area contributed by atoms with Gasteiger partial charge in [0.15, 0.2) is 0 Å². The average molecular weight is 162 g/mol. The summed E-state index contributed by atoms with van der Waals surface area (Å²) in [5, 5.41) is 0. The summed E-state index contributed by atoms with van der Waals surface area (Å²) >= 11 is 0. The Hall–Kier alpha value is -0.780. The molecule has 66 valence electrons. The fourth-order valence-corrected chi connectivity index (χ4v) is 1.60. The Balaban J connectivity index is 2.44. The Labute approximate surface area is 75.7 Å².